The molecule has 0 aromatic rings. The molecule has 4 aliphatic rings. The van der Waals surface area contributed by atoms with Crippen LogP contribution in [0.4, 0.5) is 0 Å². The third-order valence-electron chi connectivity index (χ3n) is 10.4. The van der Waals surface area contributed by atoms with Crippen molar-refractivity contribution in [3.8, 4) is 0 Å². The lowest BCUT2D eigenvalue weighted by Crippen LogP contribution is -2.58. The first-order chi connectivity index (χ1) is 15.1. The Morgan fingerprint density at radius 1 is 1.09 bits per heavy atom. The molecule has 4 aliphatic carbocycles. The van der Waals surface area contributed by atoms with Crippen LogP contribution in [0.25, 0.3) is 0 Å². The first kappa shape index (κ1) is 23.8. The molecule has 0 aliphatic heterocycles. The first-order valence-electron chi connectivity index (χ1n) is 12.9. The van der Waals surface area contributed by atoms with Gasteiger partial charge in [-0.3, -0.25) is 14.4 Å². The van der Waals surface area contributed by atoms with Crippen molar-refractivity contribution in [1.82, 2.24) is 0 Å². The number of rotatable bonds is 5. The predicted molar refractivity (Wildman–Crippen MR) is 122 cm³/mol. The lowest BCUT2D eigenvalue weighted by molar-refractivity contribution is -0.169. The van der Waals surface area contributed by atoms with Crippen molar-refractivity contribution in [2.24, 2.45) is 46.3 Å². The minimum atomic E-state index is -0.185. The molecule has 0 unspecified atom stereocenters. The number of hydrogen-bond donors (Lipinski definition) is 0. The number of carbonyl (C=O) groups is 3. The van der Waals surface area contributed by atoms with Crippen LogP contribution < -0.4 is 0 Å². The molecule has 0 aromatic heterocycles. The molecule has 0 saturated heterocycles. The summed E-state index contributed by atoms with van der Waals surface area (Å²) in [6.07, 6.45) is 9.51. The van der Waals surface area contributed by atoms with Crippen molar-refractivity contribution in [3.63, 3.8) is 0 Å². The van der Waals surface area contributed by atoms with Crippen LogP contribution in [-0.2, 0) is 23.9 Å². The van der Waals surface area contributed by atoms with E-state index in [-0.39, 0.29) is 34.8 Å². The summed E-state index contributed by atoms with van der Waals surface area (Å²) in [6.45, 7) is 8.51. The summed E-state index contributed by atoms with van der Waals surface area (Å²) in [5.74, 6) is 2.85. The molecule has 5 heteroatoms. The zero-order valence-electron chi connectivity index (χ0n) is 20.7. The molecular weight excluding hydrogens is 404 g/mol. The normalized spacial score (nSPS) is 44.1. The number of carbonyl (C=O) groups excluding carboxylic acids is 3. The van der Waals surface area contributed by atoms with Crippen LogP contribution in [0.3, 0.4) is 0 Å². The maximum Gasteiger partial charge on any atom is 0.305 e. The van der Waals surface area contributed by atoms with Gasteiger partial charge in [-0.05, 0) is 91.8 Å². The molecular formula is C27H42O5. The van der Waals surface area contributed by atoms with Gasteiger partial charge in [-0.15, -0.1) is 0 Å². The second-order valence-corrected chi connectivity index (χ2v) is 12.0. The number of hydrogen-bond acceptors (Lipinski definition) is 5. The zero-order valence-corrected chi connectivity index (χ0v) is 20.7. The van der Waals surface area contributed by atoms with Gasteiger partial charge in [-0.2, -0.15) is 0 Å². The van der Waals surface area contributed by atoms with Gasteiger partial charge in [0.2, 0.25) is 0 Å². The summed E-state index contributed by atoms with van der Waals surface area (Å²) in [5.41, 5.74) is 0.110. The van der Waals surface area contributed by atoms with Gasteiger partial charge in [0.15, 0.2) is 0 Å². The van der Waals surface area contributed by atoms with E-state index in [1.165, 1.54) is 26.9 Å². The third kappa shape index (κ3) is 3.92. The Morgan fingerprint density at radius 3 is 2.53 bits per heavy atom. The SMILES string of the molecule is COC(=O)CC[C@@H](C)[C@@H]1CC[C@@H]2[C@H]3CC[C@H]4C[C@@H](OC(C)=O)CC[C@]4(C)[C@@H]3C(=O)C[C@]21C. The van der Waals surface area contributed by atoms with Gasteiger partial charge in [-0.1, -0.05) is 20.8 Å². The standard InChI is InChI=1S/C27H42O5/c1-16(6-11-24(30)31-5)21-9-10-22-20-8-7-18-14-19(32-17(2)28)12-13-26(18,3)25(20)23(29)15-27(21,22)4/h16,18-22,25H,6-15H2,1-5H3/t16-,18+,19+,20-,21+,22-,25+,26+,27+/m1/s1. The topological polar surface area (TPSA) is 69.7 Å². The number of ether oxygens (including phenoxy) is 2. The average molecular weight is 447 g/mol. The number of ketones is 1. The fourth-order valence-corrected chi connectivity index (χ4v) is 9.00. The number of methoxy groups -OCH3 is 1. The Hall–Kier alpha value is -1.39. The van der Waals surface area contributed by atoms with Crippen LogP contribution in [-0.4, -0.2) is 30.9 Å². The lowest BCUT2D eigenvalue weighted by atomic mass is 9.44. The van der Waals surface area contributed by atoms with Crippen molar-refractivity contribution >= 4 is 17.7 Å². The fraction of sp³-hybridized carbons (Fsp3) is 0.889. The average Bonchev–Trinajstić information content (AvgIpc) is 3.07. The molecule has 0 radical (unpaired) electrons. The van der Waals surface area contributed by atoms with E-state index in [0.717, 1.165) is 38.5 Å². The molecule has 0 bridgehead atoms. The smallest absolute Gasteiger partial charge is 0.305 e. The van der Waals surface area contributed by atoms with Crippen molar-refractivity contribution in [2.45, 2.75) is 98.0 Å². The van der Waals surface area contributed by atoms with Crippen molar-refractivity contribution in [1.29, 1.82) is 0 Å². The number of esters is 2. The summed E-state index contributed by atoms with van der Waals surface area (Å²) in [5, 5.41) is 0. The van der Waals surface area contributed by atoms with E-state index in [2.05, 4.69) is 20.8 Å². The van der Waals surface area contributed by atoms with Gasteiger partial charge < -0.3 is 9.47 Å². The predicted octanol–water partition coefficient (Wildman–Crippen LogP) is 5.35. The molecule has 4 rings (SSSR count). The van der Waals surface area contributed by atoms with Gasteiger partial charge in [0.05, 0.1) is 7.11 Å². The molecule has 0 spiro atoms. The van der Waals surface area contributed by atoms with E-state index in [1.54, 1.807) is 0 Å². The number of Topliss-reactive ketones (excluding diaryl/α,β-unsaturated/α-hetero) is 1. The summed E-state index contributed by atoms with van der Waals surface area (Å²) in [6, 6.07) is 0. The minimum absolute atomic E-state index is 0.0256. The van der Waals surface area contributed by atoms with Crippen LogP contribution in [0.1, 0.15) is 91.9 Å². The van der Waals surface area contributed by atoms with Gasteiger partial charge in [0, 0.05) is 25.7 Å². The molecule has 9 atom stereocenters. The lowest BCUT2D eigenvalue weighted by Gasteiger charge is -2.60. The van der Waals surface area contributed by atoms with E-state index < -0.39 is 0 Å². The molecule has 4 fully saturated rings. The maximum absolute atomic E-state index is 13.8. The fourth-order valence-electron chi connectivity index (χ4n) is 9.00. The summed E-state index contributed by atoms with van der Waals surface area (Å²) < 4.78 is 10.4. The van der Waals surface area contributed by atoms with Crippen LogP contribution in [0, 0.1) is 46.3 Å². The molecule has 180 valence electrons. The van der Waals surface area contributed by atoms with E-state index in [4.69, 9.17) is 9.47 Å². The zero-order chi connectivity index (χ0) is 23.3. The highest BCUT2D eigenvalue weighted by atomic mass is 16.5. The van der Waals surface area contributed by atoms with E-state index in [0.29, 0.717) is 48.2 Å². The highest BCUT2D eigenvalue weighted by Gasteiger charge is 2.63. The second kappa shape index (κ2) is 8.76. The van der Waals surface area contributed by atoms with E-state index in [9.17, 15) is 14.4 Å². The number of fused-ring (bicyclic) bond motifs is 5. The van der Waals surface area contributed by atoms with Crippen molar-refractivity contribution in [2.75, 3.05) is 7.11 Å². The van der Waals surface area contributed by atoms with Gasteiger partial charge in [0.1, 0.15) is 11.9 Å². The monoisotopic (exact) mass is 446 g/mol. The molecule has 0 N–H and O–H groups in total. The quantitative estimate of drug-likeness (QED) is 0.533. The Labute approximate surface area is 193 Å². The summed E-state index contributed by atoms with van der Waals surface area (Å²) in [7, 11) is 1.45. The third-order valence-corrected chi connectivity index (χ3v) is 10.4. The molecule has 0 amide bonds. The minimum Gasteiger partial charge on any atom is -0.469 e. The molecule has 32 heavy (non-hydrogen) atoms. The Kier molecular flexibility index (Phi) is 6.50. The van der Waals surface area contributed by atoms with Crippen LogP contribution in [0.5, 0.6) is 0 Å². The summed E-state index contributed by atoms with van der Waals surface area (Å²) in [4.78, 5) is 37.0. The molecule has 5 nitrogen and oxygen atoms in total. The first-order valence-corrected chi connectivity index (χ1v) is 12.9. The molecule has 4 saturated carbocycles. The van der Waals surface area contributed by atoms with Crippen LogP contribution in [0.2, 0.25) is 0 Å². The van der Waals surface area contributed by atoms with Crippen LogP contribution in [0.15, 0.2) is 0 Å². The van der Waals surface area contributed by atoms with Crippen molar-refractivity contribution < 1.29 is 23.9 Å². The van der Waals surface area contributed by atoms with Gasteiger partial charge in [-0.25, -0.2) is 0 Å². The van der Waals surface area contributed by atoms with Gasteiger partial charge in [0.25, 0.3) is 0 Å². The largest absolute Gasteiger partial charge is 0.469 e. The Morgan fingerprint density at radius 2 is 1.84 bits per heavy atom. The summed E-state index contributed by atoms with van der Waals surface area (Å²) >= 11 is 0. The van der Waals surface area contributed by atoms with Gasteiger partial charge >= 0.3 is 11.9 Å². The Bertz CT molecular complexity index is 761. The van der Waals surface area contributed by atoms with E-state index in [1.807, 2.05) is 0 Å². The maximum atomic E-state index is 13.8. The second-order valence-electron chi connectivity index (χ2n) is 12.0. The highest BCUT2D eigenvalue weighted by Crippen LogP contribution is 2.67. The highest BCUT2D eigenvalue weighted by molar-refractivity contribution is 5.84. The van der Waals surface area contributed by atoms with E-state index >= 15 is 0 Å². The Balaban J connectivity index is 1.50. The molecule has 0 heterocycles. The molecule has 0 aromatic carbocycles. The van der Waals surface area contributed by atoms with Crippen LogP contribution >= 0.6 is 0 Å². The van der Waals surface area contributed by atoms with Crippen molar-refractivity contribution in [3.05, 3.63) is 0 Å².